The number of rotatable bonds is 7. The number of aryl methyl sites for hydroxylation is 2. The van der Waals surface area contributed by atoms with Gasteiger partial charge in [0, 0.05) is 36.8 Å². The van der Waals surface area contributed by atoms with Gasteiger partial charge in [-0.25, -0.2) is 4.98 Å². The first-order valence-electron chi connectivity index (χ1n) is 10.9. The third-order valence-electron chi connectivity index (χ3n) is 5.94. The van der Waals surface area contributed by atoms with Gasteiger partial charge in [-0.05, 0) is 49.9 Å². The van der Waals surface area contributed by atoms with Gasteiger partial charge in [0.25, 0.3) is 5.91 Å². The number of benzene rings is 1. The first kappa shape index (κ1) is 21.0. The highest BCUT2D eigenvalue weighted by Crippen LogP contribution is 2.40. The van der Waals surface area contributed by atoms with Gasteiger partial charge in [-0.1, -0.05) is 26.0 Å². The molecule has 0 spiro atoms. The van der Waals surface area contributed by atoms with E-state index in [-0.39, 0.29) is 17.7 Å². The molecule has 0 radical (unpaired) electrons. The van der Waals surface area contributed by atoms with Gasteiger partial charge in [-0.2, -0.15) is 5.10 Å². The van der Waals surface area contributed by atoms with Crippen LogP contribution >= 0.6 is 0 Å². The second-order valence-electron chi connectivity index (χ2n) is 8.46. The number of aromatic nitrogens is 3. The molecule has 2 amide bonds. The molecule has 0 aliphatic heterocycles. The van der Waals surface area contributed by atoms with Crippen molar-refractivity contribution in [3.8, 4) is 0 Å². The first-order chi connectivity index (χ1) is 14.9. The van der Waals surface area contributed by atoms with Crippen molar-refractivity contribution in [2.24, 2.45) is 13.0 Å². The van der Waals surface area contributed by atoms with Crippen LogP contribution in [0.3, 0.4) is 0 Å². The van der Waals surface area contributed by atoms with Gasteiger partial charge >= 0.3 is 0 Å². The van der Waals surface area contributed by atoms with Crippen molar-refractivity contribution in [1.29, 1.82) is 0 Å². The van der Waals surface area contributed by atoms with Gasteiger partial charge in [0.2, 0.25) is 5.91 Å². The average Bonchev–Trinajstić information content (AvgIpc) is 3.57. The highest BCUT2D eigenvalue weighted by molar-refractivity contribution is 6.06. The zero-order valence-corrected chi connectivity index (χ0v) is 18.5. The summed E-state index contributed by atoms with van der Waals surface area (Å²) in [7, 11) is 1.86. The summed E-state index contributed by atoms with van der Waals surface area (Å²) in [6, 6.07) is 9.50. The quantitative estimate of drug-likeness (QED) is 0.604. The highest BCUT2D eigenvalue weighted by atomic mass is 16.2. The van der Waals surface area contributed by atoms with Gasteiger partial charge in [-0.3, -0.25) is 14.3 Å². The number of amides is 2. The van der Waals surface area contributed by atoms with Gasteiger partial charge in [0.15, 0.2) is 5.65 Å². The Bertz CT molecular complexity index is 1150. The SMILES string of the molecule is CCC(C)C(=O)Nc1cccc(CNC(=O)c2cc(C3CC3)nc3c2c(C)nn3C)c1. The number of hydrogen-bond donors (Lipinski definition) is 2. The molecule has 3 aromatic rings. The van der Waals surface area contributed by atoms with Gasteiger partial charge in [-0.15, -0.1) is 0 Å². The maximum atomic E-state index is 13.1. The Labute approximate surface area is 182 Å². The second kappa shape index (κ2) is 8.49. The smallest absolute Gasteiger partial charge is 0.252 e. The van der Waals surface area contributed by atoms with E-state index in [0.717, 1.165) is 52.9 Å². The minimum atomic E-state index is -0.139. The predicted molar refractivity (Wildman–Crippen MR) is 121 cm³/mol. The molecule has 1 aromatic carbocycles. The van der Waals surface area contributed by atoms with Crippen LogP contribution in [-0.4, -0.2) is 26.6 Å². The number of carbonyl (C=O) groups is 2. The molecule has 7 heteroatoms. The van der Waals surface area contributed by atoms with Crippen LogP contribution < -0.4 is 10.6 Å². The van der Waals surface area contributed by atoms with Crippen molar-refractivity contribution >= 4 is 28.5 Å². The minimum Gasteiger partial charge on any atom is -0.348 e. The van der Waals surface area contributed by atoms with E-state index in [0.29, 0.717) is 18.0 Å². The van der Waals surface area contributed by atoms with Crippen LogP contribution in [0.5, 0.6) is 0 Å². The van der Waals surface area contributed by atoms with Gasteiger partial charge in [0.05, 0.1) is 16.6 Å². The number of pyridine rings is 1. The van der Waals surface area contributed by atoms with Gasteiger partial charge < -0.3 is 10.6 Å². The number of anilines is 1. The molecule has 1 saturated carbocycles. The molecular formula is C24H29N5O2. The van der Waals surface area contributed by atoms with Crippen LogP contribution in [0.15, 0.2) is 30.3 Å². The zero-order chi connectivity index (χ0) is 22.1. The van der Waals surface area contributed by atoms with Crippen LogP contribution in [0.25, 0.3) is 11.0 Å². The Morgan fingerprint density at radius 1 is 1.26 bits per heavy atom. The number of nitrogens with zero attached hydrogens (tertiary/aromatic N) is 3. The molecule has 31 heavy (non-hydrogen) atoms. The Kier molecular flexibility index (Phi) is 5.76. The van der Waals surface area contributed by atoms with E-state index >= 15 is 0 Å². The summed E-state index contributed by atoms with van der Waals surface area (Å²) < 4.78 is 1.75. The maximum Gasteiger partial charge on any atom is 0.252 e. The van der Waals surface area contributed by atoms with E-state index in [1.807, 2.05) is 58.2 Å². The molecule has 2 aromatic heterocycles. The molecule has 2 N–H and O–H groups in total. The second-order valence-corrected chi connectivity index (χ2v) is 8.46. The van der Waals surface area contributed by atoms with Crippen molar-refractivity contribution < 1.29 is 9.59 Å². The zero-order valence-electron chi connectivity index (χ0n) is 18.5. The topological polar surface area (TPSA) is 88.9 Å². The predicted octanol–water partition coefficient (Wildman–Crippen LogP) is 4.07. The largest absolute Gasteiger partial charge is 0.348 e. The first-order valence-corrected chi connectivity index (χ1v) is 10.9. The van der Waals surface area contributed by atoms with E-state index in [9.17, 15) is 9.59 Å². The summed E-state index contributed by atoms with van der Waals surface area (Å²) in [5.41, 5.74) is 4.80. The summed E-state index contributed by atoms with van der Waals surface area (Å²) in [4.78, 5) is 30.1. The molecule has 1 fully saturated rings. The van der Waals surface area contributed by atoms with Crippen molar-refractivity contribution in [1.82, 2.24) is 20.1 Å². The van der Waals surface area contributed by atoms with Crippen LogP contribution in [0.2, 0.25) is 0 Å². The Balaban J connectivity index is 1.53. The van der Waals surface area contributed by atoms with Crippen LogP contribution in [0, 0.1) is 12.8 Å². The molecule has 1 aliphatic carbocycles. The summed E-state index contributed by atoms with van der Waals surface area (Å²) in [6.45, 7) is 6.17. The summed E-state index contributed by atoms with van der Waals surface area (Å²) in [5.74, 6) is 0.264. The molecule has 1 aliphatic rings. The normalized spacial score (nSPS) is 14.5. The lowest BCUT2D eigenvalue weighted by Crippen LogP contribution is -2.24. The molecule has 7 nitrogen and oxygen atoms in total. The molecule has 162 valence electrons. The Hall–Kier alpha value is -3.22. The van der Waals surface area contributed by atoms with Gasteiger partial charge in [0.1, 0.15) is 0 Å². The molecule has 0 saturated heterocycles. The molecule has 0 bridgehead atoms. The maximum absolute atomic E-state index is 13.1. The molecule has 4 rings (SSSR count). The van der Waals surface area contributed by atoms with Crippen molar-refractivity contribution in [3.05, 3.63) is 52.8 Å². The standard InChI is InChI=1S/C24H29N5O2/c1-5-14(2)23(30)26-18-8-6-7-16(11-18)13-25-24(31)19-12-20(17-9-10-17)27-22-21(19)15(3)28-29(22)4/h6-8,11-12,14,17H,5,9-10,13H2,1-4H3,(H,25,31)(H,26,30). The van der Waals surface area contributed by atoms with Crippen LogP contribution in [-0.2, 0) is 18.4 Å². The fourth-order valence-electron chi connectivity index (χ4n) is 3.72. The Morgan fingerprint density at radius 2 is 2.03 bits per heavy atom. The number of nitrogens with one attached hydrogen (secondary N) is 2. The molecule has 1 unspecified atom stereocenters. The summed E-state index contributed by atoms with van der Waals surface area (Å²) in [5, 5.41) is 11.2. The Morgan fingerprint density at radius 3 is 2.74 bits per heavy atom. The minimum absolute atomic E-state index is 0.00233. The van der Waals surface area contributed by atoms with Crippen molar-refractivity contribution in [2.45, 2.75) is 52.5 Å². The molecule has 1 atom stereocenters. The lowest BCUT2D eigenvalue weighted by atomic mass is 10.1. The van der Waals surface area contributed by atoms with E-state index in [1.165, 1.54) is 0 Å². The highest BCUT2D eigenvalue weighted by Gasteiger charge is 2.28. The molecule has 2 heterocycles. The lowest BCUT2D eigenvalue weighted by Gasteiger charge is -2.12. The average molecular weight is 420 g/mol. The van der Waals surface area contributed by atoms with Crippen LogP contribution in [0.1, 0.15) is 66.3 Å². The van der Waals surface area contributed by atoms with Crippen LogP contribution in [0.4, 0.5) is 5.69 Å². The third-order valence-corrected chi connectivity index (χ3v) is 5.94. The fraction of sp³-hybridized carbons (Fsp3) is 0.417. The lowest BCUT2D eigenvalue weighted by molar-refractivity contribution is -0.119. The van der Waals surface area contributed by atoms with E-state index in [4.69, 9.17) is 4.98 Å². The van der Waals surface area contributed by atoms with E-state index in [1.54, 1.807) is 4.68 Å². The third kappa shape index (κ3) is 4.45. The fourth-order valence-corrected chi connectivity index (χ4v) is 3.72. The van der Waals surface area contributed by atoms with Crippen molar-refractivity contribution in [2.75, 3.05) is 5.32 Å². The van der Waals surface area contributed by atoms with E-state index < -0.39 is 0 Å². The number of fused-ring (bicyclic) bond motifs is 1. The van der Waals surface area contributed by atoms with E-state index in [2.05, 4.69) is 15.7 Å². The van der Waals surface area contributed by atoms with Crippen molar-refractivity contribution in [3.63, 3.8) is 0 Å². The summed E-state index contributed by atoms with van der Waals surface area (Å²) in [6.07, 6.45) is 3.02. The summed E-state index contributed by atoms with van der Waals surface area (Å²) >= 11 is 0. The monoisotopic (exact) mass is 419 g/mol. The molecular weight excluding hydrogens is 390 g/mol. The number of hydrogen-bond acceptors (Lipinski definition) is 4. The number of carbonyl (C=O) groups excluding carboxylic acids is 2.